The van der Waals surface area contributed by atoms with Gasteiger partial charge in [-0.2, -0.15) is 0 Å². The van der Waals surface area contributed by atoms with Gasteiger partial charge in [0.25, 0.3) is 0 Å². The van der Waals surface area contributed by atoms with E-state index in [9.17, 15) is 9.59 Å². The molecule has 2 rings (SSSR count). The van der Waals surface area contributed by atoms with Crippen molar-refractivity contribution in [3.63, 3.8) is 0 Å². The summed E-state index contributed by atoms with van der Waals surface area (Å²) in [6, 6.07) is -0.389. The van der Waals surface area contributed by atoms with Crippen molar-refractivity contribution in [2.45, 2.75) is 6.04 Å². The van der Waals surface area contributed by atoms with Crippen LogP contribution in [-0.4, -0.2) is 49.1 Å². The molecule has 0 aromatic rings. The number of nitrogens with zero attached hydrogens (tertiary/aromatic N) is 1. The van der Waals surface area contributed by atoms with Crippen LogP contribution in [0.25, 0.3) is 0 Å². The molecule has 0 spiro atoms. The molecule has 1 atom stereocenters. The number of carbonyl (C=O) groups excluding carboxylic acids is 2. The minimum Gasteiger partial charge on any atom is -0.377 e. The van der Waals surface area contributed by atoms with E-state index in [-0.39, 0.29) is 24.4 Å². The molecule has 0 saturated carbocycles. The Morgan fingerprint density at radius 2 is 2.33 bits per heavy atom. The van der Waals surface area contributed by atoms with Crippen LogP contribution in [0.1, 0.15) is 0 Å². The van der Waals surface area contributed by atoms with E-state index in [0.29, 0.717) is 19.8 Å². The van der Waals surface area contributed by atoms with Crippen molar-refractivity contribution in [3.05, 3.63) is 0 Å². The second-order valence-electron chi connectivity index (χ2n) is 2.90. The smallest absolute Gasteiger partial charge is 0.245 e. The van der Waals surface area contributed by atoms with E-state index in [1.165, 1.54) is 0 Å². The van der Waals surface area contributed by atoms with E-state index in [0.717, 1.165) is 0 Å². The van der Waals surface area contributed by atoms with Crippen LogP contribution in [0.5, 0.6) is 0 Å². The standard InChI is InChI=1S/C7H10N2O3/c10-6-3-8-7(11)5-4-12-2-1-9(5)6/h5H,1-4H2,(H,8,11)/t5-/m0/s1. The average molecular weight is 170 g/mol. The molecule has 2 fully saturated rings. The SMILES string of the molecule is O=C1NCC(=O)N2CCOC[C@@H]12. The van der Waals surface area contributed by atoms with Gasteiger partial charge in [-0.05, 0) is 0 Å². The first-order valence-corrected chi connectivity index (χ1v) is 3.94. The second kappa shape index (κ2) is 2.75. The fourth-order valence-electron chi connectivity index (χ4n) is 1.50. The molecule has 2 aliphatic rings. The van der Waals surface area contributed by atoms with Crippen LogP contribution in [-0.2, 0) is 14.3 Å². The highest BCUT2D eigenvalue weighted by Gasteiger charge is 2.36. The molecule has 5 nitrogen and oxygen atoms in total. The summed E-state index contributed by atoms with van der Waals surface area (Å²) in [5, 5.41) is 2.52. The van der Waals surface area contributed by atoms with E-state index in [1.54, 1.807) is 4.90 Å². The lowest BCUT2D eigenvalue weighted by atomic mass is 10.1. The largest absolute Gasteiger partial charge is 0.377 e. The number of carbonyl (C=O) groups is 2. The van der Waals surface area contributed by atoms with Crippen LogP contribution in [0.15, 0.2) is 0 Å². The molecule has 0 bridgehead atoms. The molecule has 1 N–H and O–H groups in total. The third-order valence-corrected chi connectivity index (χ3v) is 2.17. The lowest BCUT2D eigenvalue weighted by Gasteiger charge is -2.37. The number of morpholine rings is 1. The number of hydrogen-bond acceptors (Lipinski definition) is 3. The quantitative estimate of drug-likeness (QED) is 0.473. The number of piperazine rings is 1. The van der Waals surface area contributed by atoms with Crippen LogP contribution in [0.2, 0.25) is 0 Å². The first-order chi connectivity index (χ1) is 5.79. The second-order valence-corrected chi connectivity index (χ2v) is 2.90. The van der Waals surface area contributed by atoms with E-state index < -0.39 is 0 Å². The zero-order chi connectivity index (χ0) is 8.55. The maximum absolute atomic E-state index is 11.2. The molecule has 66 valence electrons. The first-order valence-electron chi connectivity index (χ1n) is 3.94. The number of amides is 2. The van der Waals surface area contributed by atoms with Gasteiger partial charge in [-0.3, -0.25) is 9.59 Å². The van der Waals surface area contributed by atoms with Crippen molar-refractivity contribution < 1.29 is 14.3 Å². The van der Waals surface area contributed by atoms with Gasteiger partial charge in [-0.1, -0.05) is 0 Å². The third kappa shape index (κ3) is 1.06. The zero-order valence-electron chi connectivity index (χ0n) is 6.58. The summed E-state index contributed by atoms with van der Waals surface area (Å²) < 4.78 is 5.10. The molecule has 2 heterocycles. The highest BCUT2D eigenvalue weighted by Crippen LogP contribution is 2.10. The molecular formula is C7H10N2O3. The number of nitrogens with one attached hydrogen (secondary N) is 1. The molecule has 5 heteroatoms. The van der Waals surface area contributed by atoms with E-state index in [2.05, 4.69) is 5.32 Å². The number of ether oxygens (including phenoxy) is 1. The Labute approximate surface area is 69.7 Å². The minimum absolute atomic E-state index is 0.0112. The summed E-state index contributed by atoms with van der Waals surface area (Å²) >= 11 is 0. The normalized spacial score (nSPS) is 29.7. The van der Waals surface area contributed by atoms with Gasteiger partial charge in [0, 0.05) is 6.54 Å². The van der Waals surface area contributed by atoms with Gasteiger partial charge in [0.05, 0.1) is 19.8 Å². The van der Waals surface area contributed by atoms with E-state index in [4.69, 9.17) is 4.74 Å². The molecule has 0 unspecified atom stereocenters. The maximum Gasteiger partial charge on any atom is 0.245 e. The molecule has 2 saturated heterocycles. The Morgan fingerprint density at radius 1 is 1.50 bits per heavy atom. The average Bonchev–Trinajstić information content (AvgIpc) is 2.12. The summed E-state index contributed by atoms with van der Waals surface area (Å²) in [5.41, 5.74) is 0. The van der Waals surface area contributed by atoms with Gasteiger partial charge in [-0.25, -0.2) is 0 Å². The maximum atomic E-state index is 11.2. The van der Waals surface area contributed by atoms with Crippen LogP contribution in [0.4, 0.5) is 0 Å². The van der Waals surface area contributed by atoms with Crippen molar-refractivity contribution >= 4 is 11.8 Å². The molecule has 0 aliphatic carbocycles. The summed E-state index contributed by atoms with van der Waals surface area (Å²) in [7, 11) is 0. The summed E-state index contributed by atoms with van der Waals surface area (Å²) in [6.07, 6.45) is 0. The number of rotatable bonds is 0. The minimum atomic E-state index is -0.389. The first kappa shape index (κ1) is 7.54. The summed E-state index contributed by atoms with van der Waals surface area (Å²) in [5.74, 6) is -0.114. The molecule has 2 amide bonds. The number of hydrogen-bond donors (Lipinski definition) is 1. The lowest BCUT2D eigenvalue weighted by molar-refractivity contribution is -0.153. The zero-order valence-corrected chi connectivity index (χ0v) is 6.58. The number of fused-ring (bicyclic) bond motifs is 1. The van der Waals surface area contributed by atoms with Gasteiger partial charge >= 0.3 is 0 Å². The Morgan fingerprint density at radius 3 is 3.08 bits per heavy atom. The van der Waals surface area contributed by atoms with Crippen molar-refractivity contribution in [3.8, 4) is 0 Å². The fourth-order valence-corrected chi connectivity index (χ4v) is 1.50. The molecule has 0 radical (unpaired) electrons. The van der Waals surface area contributed by atoms with Gasteiger partial charge in [-0.15, -0.1) is 0 Å². The Balaban J connectivity index is 2.16. The molecule has 2 aliphatic heterocycles. The van der Waals surface area contributed by atoms with Gasteiger partial charge in [0.2, 0.25) is 11.8 Å². The van der Waals surface area contributed by atoms with Crippen molar-refractivity contribution in [2.75, 3.05) is 26.3 Å². The predicted octanol–water partition coefficient (Wildman–Crippen LogP) is -1.66. The topological polar surface area (TPSA) is 58.6 Å². The van der Waals surface area contributed by atoms with Crippen molar-refractivity contribution in [1.29, 1.82) is 0 Å². The Hall–Kier alpha value is -1.10. The Bertz CT molecular complexity index is 205. The highest BCUT2D eigenvalue weighted by atomic mass is 16.5. The molecular weight excluding hydrogens is 160 g/mol. The van der Waals surface area contributed by atoms with Crippen molar-refractivity contribution in [1.82, 2.24) is 10.2 Å². The van der Waals surface area contributed by atoms with Crippen LogP contribution in [0, 0.1) is 0 Å². The highest BCUT2D eigenvalue weighted by molar-refractivity contribution is 5.95. The molecule has 12 heavy (non-hydrogen) atoms. The third-order valence-electron chi connectivity index (χ3n) is 2.17. The van der Waals surface area contributed by atoms with Gasteiger partial charge < -0.3 is 15.0 Å². The van der Waals surface area contributed by atoms with Crippen molar-refractivity contribution in [2.24, 2.45) is 0 Å². The van der Waals surface area contributed by atoms with Crippen LogP contribution < -0.4 is 5.32 Å². The van der Waals surface area contributed by atoms with Gasteiger partial charge in [0.1, 0.15) is 6.04 Å². The molecule has 0 aromatic heterocycles. The predicted molar refractivity (Wildman–Crippen MR) is 39.3 cm³/mol. The van der Waals surface area contributed by atoms with Crippen LogP contribution >= 0.6 is 0 Å². The fraction of sp³-hybridized carbons (Fsp3) is 0.714. The lowest BCUT2D eigenvalue weighted by Crippen LogP contribution is -2.62. The van der Waals surface area contributed by atoms with Gasteiger partial charge in [0.15, 0.2) is 0 Å². The van der Waals surface area contributed by atoms with E-state index >= 15 is 0 Å². The van der Waals surface area contributed by atoms with Crippen LogP contribution in [0.3, 0.4) is 0 Å². The monoisotopic (exact) mass is 170 g/mol. The Kier molecular flexibility index (Phi) is 1.73. The van der Waals surface area contributed by atoms with E-state index in [1.807, 2.05) is 0 Å². The summed E-state index contributed by atoms with van der Waals surface area (Å²) in [4.78, 5) is 24.0. The molecule has 0 aromatic carbocycles. The summed E-state index contributed by atoms with van der Waals surface area (Å²) in [6.45, 7) is 1.54.